The number of carbonyl (C=O) groups excluding carboxylic acids is 1. The molecular formula is C13H21N3OS. The van der Waals surface area contributed by atoms with Crippen molar-refractivity contribution >= 4 is 27.4 Å². The van der Waals surface area contributed by atoms with Crippen LogP contribution >= 0.6 is 11.3 Å². The molecule has 0 aliphatic heterocycles. The lowest BCUT2D eigenvalue weighted by molar-refractivity contribution is -0.116. The van der Waals surface area contributed by atoms with Gasteiger partial charge in [0.25, 0.3) is 0 Å². The van der Waals surface area contributed by atoms with Crippen molar-refractivity contribution in [1.82, 2.24) is 4.98 Å². The first-order valence-corrected chi connectivity index (χ1v) is 7.49. The number of anilines is 2. The molecule has 3 N–H and O–H groups in total. The fraction of sp³-hybridized carbons (Fsp3) is 0.692. The summed E-state index contributed by atoms with van der Waals surface area (Å²) in [6.07, 6.45) is 8.20. The predicted octanol–water partition coefficient (Wildman–Crippen LogP) is 3.33. The molecular weight excluding hydrogens is 246 g/mol. The molecule has 2 rings (SSSR count). The fourth-order valence-electron chi connectivity index (χ4n) is 2.45. The molecule has 1 aliphatic carbocycles. The van der Waals surface area contributed by atoms with Crippen molar-refractivity contribution in [2.75, 3.05) is 11.1 Å². The maximum absolute atomic E-state index is 11.8. The highest BCUT2D eigenvalue weighted by molar-refractivity contribution is 7.19. The molecule has 4 nitrogen and oxygen atoms in total. The third kappa shape index (κ3) is 3.70. The second kappa shape index (κ2) is 6.18. The average Bonchev–Trinajstić information content (AvgIpc) is 2.67. The smallest absolute Gasteiger partial charge is 0.226 e. The predicted molar refractivity (Wildman–Crippen MR) is 75.7 cm³/mol. The largest absolute Gasteiger partial charge is 0.389 e. The topological polar surface area (TPSA) is 68.0 Å². The van der Waals surface area contributed by atoms with Crippen molar-refractivity contribution in [2.24, 2.45) is 5.92 Å². The van der Waals surface area contributed by atoms with Crippen LogP contribution in [0.2, 0.25) is 0 Å². The molecule has 1 aromatic rings. The van der Waals surface area contributed by atoms with Crippen LogP contribution in [-0.2, 0) is 4.79 Å². The summed E-state index contributed by atoms with van der Waals surface area (Å²) >= 11 is 1.34. The number of hydrogen-bond donors (Lipinski definition) is 2. The Kier molecular flexibility index (Phi) is 4.58. The molecule has 1 amide bonds. The van der Waals surface area contributed by atoms with Crippen LogP contribution in [0.25, 0.3) is 0 Å². The van der Waals surface area contributed by atoms with E-state index in [-0.39, 0.29) is 5.91 Å². The zero-order chi connectivity index (χ0) is 13.0. The lowest BCUT2D eigenvalue weighted by Crippen LogP contribution is -2.14. The molecule has 1 saturated carbocycles. The van der Waals surface area contributed by atoms with Crippen LogP contribution < -0.4 is 11.1 Å². The van der Waals surface area contributed by atoms with E-state index < -0.39 is 0 Å². The Labute approximate surface area is 112 Å². The van der Waals surface area contributed by atoms with Gasteiger partial charge < -0.3 is 11.1 Å². The van der Waals surface area contributed by atoms with Gasteiger partial charge in [0.2, 0.25) is 5.91 Å². The van der Waals surface area contributed by atoms with Gasteiger partial charge in [-0.2, -0.15) is 0 Å². The van der Waals surface area contributed by atoms with Gasteiger partial charge in [0, 0.05) is 6.42 Å². The Morgan fingerprint density at radius 2 is 2.17 bits per heavy atom. The van der Waals surface area contributed by atoms with Gasteiger partial charge in [0.1, 0.15) is 5.00 Å². The summed E-state index contributed by atoms with van der Waals surface area (Å²) in [4.78, 5) is 16.0. The number of rotatable bonds is 4. The number of carbonyl (C=O) groups is 1. The molecule has 0 bridgehead atoms. The number of nitrogens with one attached hydrogen (secondary N) is 1. The quantitative estimate of drug-likeness (QED) is 0.879. The van der Waals surface area contributed by atoms with E-state index in [1.165, 1.54) is 43.4 Å². The molecule has 1 heterocycles. The van der Waals surface area contributed by atoms with Crippen molar-refractivity contribution in [1.29, 1.82) is 0 Å². The molecule has 0 atom stereocenters. The molecule has 0 spiro atoms. The summed E-state index contributed by atoms with van der Waals surface area (Å²) in [7, 11) is 0. The maximum atomic E-state index is 11.8. The van der Waals surface area contributed by atoms with Gasteiger partial charge >= 0.3 is 0 Å². The number of aryl methyl sites for hydroxylation is 1. The molecule has 5 heteroatoms. The van der Waals surface area contributed by atoms with E-state index in [9.17, 15) is 4.79 Å². The summed E-state index contributed by atoms with van der Waals surface area (Å²) in [6, 6.07) is 0. The summed E-state index contributed by atoms with van der Waals surface area (Å²) < 4.78 is 0. The average molecular weight is 267 g/mol. The Balaban J connectivity index is 1.74. The second-order valence-corrected chi connectivity index (χ2v) is 6.09. The molecule has 18 heavy (non-hydrogen) atoms. The van der Waals surface area contributed by atoms with E-state index in [4.69, 9.17) is 5.73 Å². The monoisotopic (exact) mass is 267 g/mol. The summed E-state index contributed by atoms with van der Waals surface area (Å²) in [5.74, 6) is 0.807. The highest BCUT2D eigenvalue weighted by Gasteiger charge is 2.15. The third-order valence-corrected chi connectivity index (χ3v) is 4.49. The number of amides is 1. The molecule has 1 fully saturated rings. The molecule has 0 aromatic carbocycles. The van der Waals surface area contributed by atoms with Crippen molar-refractivity contribution in [3.8, 4) is 0 Å². The van der Waals surface area contributed by atoms with Crippen LogP contribution in [0.5, 0.6) is 0 Å². The lowest BCUT2D eigenvalue weighted by Gasteiger charge is -2.20. The zero-order valence-corrected chi connectivity index (χ0v) is 11.7. The molecule has 1 aromatic heterocycles. The van der Waals surface area contributed by atoms with Crippen LogP contribution in [0.15, 0.2) is 0 Å². The summed E-state index contributed by atoms with van der Waals surface area (Å²) in [5, 5.41) is 4.13. The van der Waals surface area contributed by atoms with Crippen LogP contribution in [0.4, 0.5) is 10.1 Å². The molecule has 0 radical (unpaired) electrons. The van der Waals surface area contributed by atoms with Gasteiger partial charge in [0.05, 0.1) is 5.69 Å². The van der Waals surface area contributed by atoms with Gasteiger partial charge in [-0.3, -0.25) is 4.79 Å². The van der Waals surface area contributed by atoms with E-state index >= 15 is 0 Å². The Morgan fingerprint density at radius 1 is 1.44 bits per heavy atom. The first-order chi connectivity index (χ1) is 8.65. The minimum absolute atomic E-state index is 0.0642. The standard InChI is InChI=1S/C13H21N3OS/c1-9-12(14)18-13(15-9)16-11(17)8-7-10-5-3-2-4-6-10/h10H,2-8,14H2,1H3,(H,15,16,17). The third-order valence-electron chi connectivity index (χ3n) is 3.58. The fourth-order valence-corrected chi connectivity index (χ4v) is 3.20. The first-order valence-electron chi connectivity index (χ1n) is 6.68. The van der Waals surface area contributed by atoms with Crippen LogP contribution in [0, 0.1) is 12.8 Å². The number of hydrogen-bond acceptors (Lipinski definition) is 4. The van der Waals surface area contributed by atoms with Gasteiger partial charge in [-0.25, -0.2) is 4.98 Å². The zero-order valence-electron chi connectivity index (χ0n) is 10.9. The van der Waals surface area contributed by atoms with Crippen LogP contribution in [-0.4, -0.2) is 10.9 Å². The molecule has 0 saturated heterocycles. The number of aromatic nitrogens is 1. The first kappa shape index (κ1) is 13.3. The second-order valence-electron chi connectivity index (χ2n) is 5.06. The normalized spacial score (nSPS) is 16.7. The van der Waals surface area contributed by atoms with Gasteiger partial charge in [-0.15, -0.1) is 0 Å². The molecule has 100 valence electrons. The summed E-state index contributed by atoms with van der Waals surface area (Å²) in [5.41, 5.74) is 6.51. The van der Waals surface area contributed by atoms with E-state index in [1.54, 1.807) is 0 Å². The molecule has 1 aliphatic rings. The SMILES string of the molecule is Cc1nc(NC(=O)CCC2CCCCC2)sc1N. The van der Waals surface area contributed by atoms with E-state index in [1.807, 2.05) is 6.92 Å². The Bertz CT molecular complexity index is 391. The van der Waals surface area contributed by atoms with Gasteiger partial charge in [-0.1, -0.05) is 43.4 Å². The van der Waals surface area contributed by atoms with E-state index in [0.717, 1.165) is 18.0 Å². The Hall–Kier alpha value is -1.10. The van der Waals surface area contributed by atoms with Crippen molar-refractivity contribution in [3.05, 3.63) is 5.69 Å². The van der Waals surface area contributed by atoms with Gasteiger partial charge in [-0.05, 0) is 19.3 Å². The number of nitrogen functional groups attached to an aromatic ring is 1. The van der Waals surface area contributed by atoms with Gasteiger partial charge in [0.15, 0.2) is 5.13 Å². The number of nitrogens with zero attached hydrogens (tertiary/aromatic N) is 1. The van der Waals surface area contributed by atoms with E-state index in [2.05, 4.69) is 10.3 Å². The minimum atomic E-state index is 0.0642. The Morgan fingerprint density at radius 3 is 2.78 bits per heavy atom. The minimum Gasteiger partial charge on any atom is -0.389 e. The number of thiazole rings is 1. The van der Waals surface area contributed by atoms with Crippen LogP contribution in [0.1, 0.15) is 50.6 Å². The highest BCUT2D eigenvalue weighted by Crippen LogP contribution is 2.28. The van der Waals surface area contributed by atoms with Crippen molar-refractivity contribution < 1.29 is 4.79 Å². The van der Waals surface area contributed by atoms with Crippen LogP contribution in [0.3, 0.4) is 0 Å². The maximum Gasteiger partial charge on any atom is 0.226 e. The lowest BCUT2D eigenvalue weighted by atomic mass is 9.86. The van der Waals surface area contributed by atoms with Crippen molar-refractivity contribution in [3.63, 3.8) is 0 Å². The van der Waals surface area contributed by atoms with Crippen molar-refractivity contribution in [2.45, 2.75) is 51.9 Å². The highest BCUT2D eigenvalue weighted by atomic mass is 32.1. The number of nitrogens with two attached hydrogens (primary N) is 1. The van der Waals surface area contributed by atoms with E-state index in [0.29, 0.717) is 16.6 Å². The molecule has 0 unspecified atom stereocenters. The summed E-state index contributed by atoms with van der Waals surface area (Å²) in [6.45, 7) is 1.85.